The molecule has 2 amide bonds. The van der Waals surface area contributed by atoms with E-state index in [9.17, 15) is 9.59 Å². The minimum absolute atomic E-state index is 0.106. The summed E-state index contributed by atoms with van der Waals surface area (Å²) in [5, 5.41) is 0. The fraction of sp³-hybridized carbons (Fsp3) is 0.818. The lowest BCUT2D eigenvalue weighted by atomic mass is 10.2. The molecule has 0 spiro atoms. The zero-order valence-electron chi connectivity index (χ0n) is 11.0. The summed E-state index contributed by atoms with van der Waals surface area (Å²) in [5.41, 5.74) is 2.10. The van der Waals surface area contributed by atoms with Gasteiger partial charge in [-0.1, -0.05) is 6.42 Å². The van der Waals surface area contributed by atoms with E-state index in [-0.39, 0.29) is 11.8 Å². The molecule has 0 saturated carbocycles. The summed E-state index contributed by atoms with van der Waals surface area (Å²) >= 11 is 0. The number of hydrazine groups is 1. The first-order chi connectivity index (χ1) is 7.97. The molecule has 0 fully saturated rings. The van der Waals surface area contributed by atoms with Crippen LogP contribution in [0.1, 0.15) is 25.7 Å². The molecule has 0 saturated heterocycles. The van der Waals surface area contributed by atoms with E-state index in [1.165, 1.54) is 0 Å². The summed E-state index contributed by atoms with van der Waals surface area (Å²) in [7, 11) is 5.43. The molecule has 0 aromatic rings. The number of nitrogens with zero attached hydrogens (tertiary/aromatic N) is 2. The Morgan fingerprint density at radius 3 is 2.29 bits per heavy atom. The number of amides is 2. The Hall–Kier alpha value is -1.14. The predicted molar refractivity (Wildman–Crippen MR) is 67.0 cm³/mol. The molecule has 100 valence electrons. The number of hydrogen-bond donors (Lipinski definition) is 2. The number of rotatable bonds is 8. The predicted octanol–water partition coefficient (Wildman–Crippen LogP) is -0.443. The van der Waals surface area contributed by atoms with Gasteiger partial charge in [-0.05, 0) is 26.4 Å². The smallest absolute Gasteiger partial charge is 0.236 e. The van der Waals surface area contributed by atoms with Crippen molar-refractivity contribution in [3.05, 3.63) is 0 Å². The third-order valence-electron chi connectivity index (χ3n) is 2.51. The molecule has 0 rings (SSSR count). The van der Waals surface area contributed by atoms with Gasteiger partial charge in [-0.15, -0.1) is 0 Å². The molecule has 0 radical (unpaired) electrons. The van der Waals surface area contributed by atoms with E-state index in [2.05, 4.69) is 5.43 Å². The maximum atomic E-state index is 11.4. The van der Waals surface area contributed by atoms with Gasteiger partial charge in [-0.2, -0.15) is 0 Å². The Morgan fingerprint density at radius 2 is 1.76 bits per heavy atom. The van der Waals surface area contributed by atoms with Crippen molar-refractivity contribution in [2.45, 2.75) is 25.7 Å². The van der Waals surface area contributed by atoms with Gasteiger partial charge in [0.05, 0.1) is 6.54 Å². The number of likely N-dealkylation sites (N-methyl/N-ethyl adjacent to an activating group) is 2. The van der Waals surface area contributed by atoms with Crippen LogP contribution in [0.3, 0.4) is 0 Å². The van der Waals surface area contributed by atoms with Crippen molar-refractivity contribution in [1.29, 1.82) is 0 Å². The van der Waals surface area contributed by atoms with Crippen LogP contribution in [0.5, 0.6) is 0 Å². The highest BCUT2D eigenvalue weighted by Gasteiger charge is 2.07. The molecule has 3 N–H and O–H groups in total. The van der Waals surface area contributed by atoms with Crippen LogP contribution < -0.4 is 11.3 Å². The van der Waals surface area contributed by atoms with E-state index in [1.807, 2.05) is 11.9 Å². The van der Waals surface area contributed by atoms with Gasteiger partial charge >= 0.3 is 0 Å². The summed E-state index contributed by atoms with van der Waals surface area (Å²) in [6.07, 6.45) is 3.25. The average molecular weight is 244 g/mol. The third-order valence-corrected chi connectivity index (χ3v) is 2.51. The Labute approximate surface area is 103 Å². The van der Waals surface area contributed by atoms with Crippen LogP contribution in [0.2, 0.25) is 0 Å². The van der Waals surface area contributed by atoms with Crippen molar-refractivity contribution in [2.24, 2.45) is 5.84 Å². The summed E-state index contributed by atoms with van der Waals surface area (Å²) in [5.74, 6) is 4.95. The van der Waals surface area contributed by atoms with Crippen LogP contribution in [0, 0.1) is 0 Å². The van der Waals surface area contributed by atoms with Gasteiger partial charge < -0.3 is 4.90 Å². The number of nitrogens with two attached hydrogens (primary N) is 1. The largest absolute Gasteiger partial charge is 0.348 e. The molecule has 0 aliphatic heterocycles. The molecule has 0 heterocycles. The second kappa shape index (κ2) is 8.95. The fourth-order valence-electron chi connectivity index (χ4n) is 1.37. The second-order valence-corrected chi connectivity index (χ2v) is 4.40. The molecule has 0 aliphatic rings. The lowest BCUT2D eigenvalue weighted by Crippen LogP contribution is -2.34. The van der Waals surface area contributed by atoms with Crippen molar-refractivity contribution in [3.8, 4) is 0 Å². The standard InChI is InChI=1S/C11H24N4O2/c1-14(2)11(17)9-15(3)8-6-4-5-7-10(16)13-12/h4-9,12H2,1-3H3,(H,13,16). The molecule has 0 bridgehead atoms. The zero-order chi connectivity index (χ0) is 13.3. The quantitative estimate of drug-likeness (QED) is 0.262. The lowest BCUT2D eigenvalue weighted by molar-refractivity contribution is -0.129. The number of carbonyl (C=O) groups excluding carboxylic acids is 2. The van der Waals surface area contributed by atoms with Gasteiger partial charge in [0.2, 0.25) is 11.8 Å². The van der Waals surface area contributed by atoms with Crippen LogP contribution in [0.4, 0.5) is 0 Å². The van der Waals surface area contributed by atoms with Crippen molar-refractivity contribution in [3.63, 3.8) is 0 Å². The highest BCUT2D eigenvalue weighted by molar-refractivity contribution is 5.77. The van der Waals surface area contributed by atoms with Crippen LogP contribution in [0.15, 0.2) is 0 Å². The highest BCUT2D eigenvalue weighted by atomic mass is 16.2. The van der Waals surface area contributed by atoms with Crippen molar-refractivity contribution in [1.82, 2.24) is 15.2 Å². The molecule has 17 heavy (non-hydrogen) atoms. The molecule has 0 atom stereocenters. The Balaban J connectivity index is 3.48. The minimum atomic E-state index is -0.124. The third kappa shape index (κ3) is 8.65. The van der Waals surface area contributed by atoms with Crippen molar-refractivity contribution >= 4 is 11.8 Å². The molecular formula is C11H24N4O2. The summed E-state index contributed by atoms with van der Waals surface area (Å²) in [4.78, 5) is 25.8. The van der Waals surface area contributed by atoms with Gasteiger partial charge in [0.25, 0.3) is 0 Å². The highest BCUT2D eigenvalue weighted by Crippen LogP contribution is 2.01. The van der Waals surface area contributed by atoms with Crippen LogP contribution in [0.25, 0.3) is 0 Å². The normalized spacial score (nSPS) is 10.4. The van der Waals surface area contributed by atoms with Gasteiger partial charge in [-0.3, -0.25) is 19.9 Å². The van der Waals surface area contributed by atoms with Gasteiger partial charge in [0, 0.05) is 20.5 Å². The number of nitrogens with one attached hydrogen (secondary N) is 1. The number of carbonyl (C=O) groups is 2. The lowest BCUT2D eigenvalue weighted by Gasteiger charge is -2.18. The molecule has 0 aliphatic carbocycles. The Kier molecular flexibility index (Phi) is 8.35. The molecule has 0 aromatic heterocycles. The Morgan fingerprint density at radius 1 is 1.12 bits per heavy atom. The van der Waals surface area contributed by atoms with E-state index in [0.29, 0.717) is 13.0 Å². The minimum Gasteiger partial charge on any atom is -0.348 e. The van der Waals surface area contributed by atoms with Crippen molar-refractivity contribution < 1.29 is 9.59 Å². The van der Waals surface area contributed by atoms with Gasteiger partial charge in [0.15, 0.2) is 0 Å². The summed E-state index contributed by atoms with van der Waals surface area (Å²) in [6.45, 7) is 1.31. The van der Waals surface area contributed by atoms with Crippen LogP contribution in [-0.2, 0) is 9.59 Å². The first-order valence-electron chi connectivity index (χ1n) is 5.85. The van der Waals surface area contributed by atoms with Gasteiger partial charge in [-0.25, -0.2) is 5.84 Å². The Bertz CT molecular complexity index is 244. The van der Waals surface area contributed by atoms with Crippen LogP contribution >= 0.6 is 0 Å². The number of unbranched alkanes of at least 4 members (excludes halogenated alkanes) is 2. The monoisotopic (exact) mass is 244 g/mol. The van der Waals surface area contributed by atoms with E-state index in [0.717, 1.165) is 25.8 Å². The molecule has 0 aromatic carbocycles. The maximum absolute atomic E-state index is 11.4. The van der Waals surface area contributed by atoms with Crippen molar-refractivity contribution in [2.75, 3.05) is 34.2 Å². The van der Waals surface area contributed by atoms with Gasteiger partial charge in [0.1, 0.15) is 0 Å². The topological polar surface area (TPSA) is 78.7 Å². The molecular weight excluding hydrogens is 220 g/mol. The second-order valence-electron chi connectivity index (χ2n) is 4.40. The molecule has 6 heteroatoms. The first-order valence-corrected chi connectivity index (χ1v) is 5.85. The van der Waals surface area contributed by atoms with E-state index in [1.54, 1.807) is 19.0 Å². The average Bonchev–Trinajstić information content (AvgIpc) is 2.27. The first kappa shape index (κ1) is 15.9. The van der Waals surface area contributed by atoms with E-state index < -0.39 is 0 Å². The van der Waals surface area contributed by atoms with E-state index >= 15 is 0 Å². The van der Waals surface area contributed by atoms with E-state index in [4.69, 9.17) is 5.84 Å². The SMILES string of the molecule is CN(CCCCCC(=O)NN)CC(=O)N(C)C. The van der Waals surface area contributed by atoms with Crippen LogP contribution in [-0.4, -0.2) is 55.8 Å². The number of hydrogen-bond acceptors (Lipinski definition) is 4. The maximum Gasteiger partial charge on any atom is 0.236 e. The fourth-order valence-corrected chi connectivity index (χ4v) is 1.37. The molecule has 6 nitrogen and oxygen atoms in total. The summed E-state index contributed by atoms with van der Waals surface area (Å²) < 4.78 is 0. The zero-order valence-corrected chi connectivity index (χ0v) is 11.0. The molecule has 0 unspecified atom stereocenters. The summed E-state index contributed by atoms with van der Waals surface area (Å²) in [6, 6.07) is 0.